The molecule has 0 atom stereocenters. The molecule has 0 amide bonds. The van der Waals surface area contributed by atoms with Crippen molar-refractivity contribution in [2.75, 3.05) is 44.9 Å². The molecule has 0 spiro atoms. The van der Waals surface area contributed by atoms with Gasteiger partial charge in [-0.25, -0.2) is 0 Å². The molecule has 0 bridgehead atoms. The van der Waals surface area contributed by atoms with Crippen molar-refractivity contribution >= 4 is 22.1 Å². The Morgan fingerprint density at radius 1 is 1.11 bits per heavy atom. The Morgan fingerprint density at radius 3 is 2.63 bits per heavy atom. The molecule has 0 radical (unpaired) electrons. The molecule has 0 fully saturated rings. The highest BCUT2D eigenvalue weighted by Gasteiger charge is 2.08. The Morgan fingerprint density at radius 2 is 1.89 bits per heavy atom. The van der Waals surface area contributed by atoms with E-state index in [4.69, 9.17) is 5.73 Å². The van der Waals surface area contributed by atoms with Crippen LogP contribution in [0.5, 0.6) is 0 Å². The molecule has 0 aliphatic heterocycles. The highest BCUT2D eigenvalue weighted by molar-refractivity contribution is 5.98. The molecule has 0 saturated carbocycles. The molecule has 1 aromatic carbocycles. The second-order valence-corrected chi connectivity index (χ2v) is 5.17. The summed E-state index contributed by atoms with van der Waals surface area (Å²) in [5.74, 6) is 0. The summed E-state index contributed by atoms with van der Waals surface area (Å²) >= 11 is 0. The van der Waals surface area contributed by atoms with Gasteiger partial charge >= 0.3 is 0 Å². The summed E-state index contributed by atoms with van der Waals surface area (Å²) < 4.78 is 0. The fourth-order valence-electron chi connectivity index (χ4n) is 2.26. The van der Waals surface area contributed by atoms with Crippen LogP contribution in [0.15, 0.2) is 30.6 Å². The van der Waals surface area contributed by atoms with Crippen molar-refractivity contribution in [2.45, 2.75) is 6.42 Å². The van der Waals surface area contributed by atoms with Crippen molar-refractivity contribution in [1.29, 1.82) is 0 Å². The largest absolute Gasteiger partial charge is 0.397 e. The Kier molecular flexibility index (Phi) is 4.22. The summed E-state index contributed by atoms with van der Waals surface area (Å²) in [7, 11) is 6.28. The van der Waals surface area contributed by atoms with E-state index in [9.17, 15) is 0 Å². The third kappa shape index (κ3) is 3.15. The van der Waals surface area contributed by atoms with Gasteiger partial charge in [0, 0.05) is 36.8 Å². The molecule has 0 aliphatic carbocycles. The number of aromatic nitrogens is 1. The molecule has 4 nitrogen and oxygen atoms in total. The van der Waals surface area contributed by atoms with Crippen LogP contribution in [0.2, 0.25) is 0 Å². The molecule has 1 heterocycles. The minimum absolute atomic E-state index is 0.840. The summed E-state index contributed by atoms with van der Waals surface area (Å²) in [4.78, 5) is 8.54. The molecule has 19 heavy (non-hydrogen) atoms. The summed E-state index contributed by atoms with van der Waals surface area (Å²) in [5, 5.41) is 2.16. The summed E-state index contributed by atoms with van der Waals surface area (Å²) in [6.07, 6.45) is 4.76. The molecule has 102 valence electrons. The van der Waals surface area contributed by atoms with Crippen molar-refractivity contribution in [1.82, 2.24) is 9.88 Å². The van der Waals surface area contributed by atoms with Gasteiger partial charge in [0.1, 0.15) is 0 Å². The zero-order chi connectivity index (χ0) is 13.8. The minimum atomic E-state index is 0.840. The van der Waals surface area contributed by atoms with Crippen molar-refractivity contribution in [3.8, 4) is 0 Å². The third-order valence-electron chi connectivity index (χ3n) is 3.35. The number of nitrogens with two attached hydrogens (primary N) is 1. The van der Waals surface area contributed by atoms with Crippen LogP contribution in [0.25, 0.3) is 10.8 Å². The van der Waals surface area contributed by atoms with Gasteiger partial charge in [-0.3, -0.25) is 4.98 Å². The molecular formula is C15H22N4. The molecule has 0 unspecified atom stereocenters. The number of nitrogen functional groups attached to an aromatic ring is 1. The molecular weight excluding hydrogens is 236 g/mol. The van der Waals surface area contributed by atoms with E-state index in [1.54, 1.807) is 6.20 Å². The topological polar surface area (TPSA) is 45.4 Å². The second kappa shape index (κ2) is 5.89. The lowest BCUT2D eigenvalue weighted by Gasteiger charge is -2.22. The molecule has 1 aromatic heterocycles. The van der Waals surface area contributed by atoms with Gasteiger partial charge in [-0.2, -0.15) is 0 Å². The molecule has 0 saturated heterocycles. The van der Waals surface area contributed by atoms with E-state index in [-0.39, 0.29) is 0 Å². The smallest absolute Gasteiger partial charge is 0.0632 e. The van der Waals surface area contributed by atoms with Gasteiger partial charge in [0.05, 0.1) is 11.4 Å². The van der Waals surface area contributed by atoms with E-state index in [2.05, 4.69) is 48.1 Å². The lowest BCUT2D eigenvalue weighted by atomic mass is 10.1. The number of hydrogen-bond donors (Lipinski definition) is 1. The molecule has 0 aliphatic rings. The van der Waals surface area contributed by atoms with Gasteiger partial charge in [-0.15, -0.1) is 0 Å². The van der Waals surface area contributed by atoms with Crippen LogP contribution < -0.4 is 10.6 Å². The first-order valence-corrected chi connectivity index (χ1v) is 6.57. The molecule has 2 aromatic rings. The highest BCUT2D eigenvalue weighted by atomic mass is 15.1. The first-order valence-electron chi connectivity index (χ1n) is 6.57. The first kappa shape index (κ1) is 13.6. The van der Waals surface area contributed by atoms with Gasteiger partial charge in [0.15, 0.2) is 0 Å². The van der Waals surface area contributed by atoms with E-state index >= 15 is 0 Å². The van der Waals surface area contributed by atoms with Crippen molar-refractivity contribution in [3.63, 3.8) is 0 Å². The average Bonchev–Trinajstić information content (AvgIpc) is 2.39. The maximum atomic E-state index is 6.27. The fraction of sp³-hybridized carbons (Fsp3) is 0.400. The van der Waals surface area contributed by atoms with Crippen LogP contribution in [0, 0.1) is 0 Å². The lowest BCUT2D eigenvalue weighted by molar-refractivity contribution is 0.402. The first-order chi connectivity index (χ1) is 9.09. The predicted octanol–water partition coefficient (Wildman–Crippen LogP) is 2.20. The van der Waals surface area contributed by atoms with Gasteiger partial charge < -0.3 is 15.5 Å². The van der Waals surface area contributed by atoms with E-state index in [1.165, 1.54) is 0 Å². The molecule has 4 heteroatoms. The Labute approximate surface area is 114 Å². The Hall–Kier alpha value is -1.81. The summed E-state index contributed by atoms with van der Waals surface area (Å²) in [6, 6.07) is 6.13. The monoisotopic (exact) mass is 258 g/mol. The number of benzene rings is 1. The van der Waals surface area contributed by atoms with Crippen LogP contribution in [-0.2, 0) is 0 Å². The fourth-order valence-corrected chi connectivity index (χ4v) is 2.26. The average molecular weight is 258 g/mol. The van der Waals surface area contributed by atoms with Gasteiger partial charge in [-0.05, 0) is 39.2 Å². The highest BCUT2D eigenvalue weighted by Crippen LogP contribution is 2.30. The number of anilines is 2. The molecule has 2 rings (SSSR count). The number of rotatable bonds is 5. The SMILES string of the molecule is CN(C)CCCN(C)c1ccc2cnccc2c1N. The van der Waals surface area contributed by atoms with Crippen molar-refractivity contribution < 1.29 is 0 Å². The normalized spacial score (nSPS) is 11.2. The lowest BCUT2D eigenvalue weighted by Crippen LogP contribution is -2.24. The van der Waals surface area contributed by atoms with Crippen LogP contribution >= 0.6 is 0 Å². The maximum absolute atomic E-state index is 6.27. The van der Waals surface area contributed by atoms with Gasteiger partial charge in [0.2, 0.25) is 0 Å². The summed E-state index contributed by atoms with van der Waals surface area (Å²) in [6.45, 7) is 2.08. The van der Waals surface area contributed by atoms with Gasteiger partial charge in [0.25, 0.3) is 0 Å². The van der Waals surface area contributed by atoms with Crippen LogP contribution in [0.3, 0.4) is 0 Å². The van der Waals surface area contributed by atoms with Gasteiger partial charge in [-0.1, -0.05) is 6.07 Å². The van der Waals surface area contributed by atoms with E-state index in [0.717, 1.165) is 41.7 Å². The Bertz CT molecular complexity index is 551. The van der Waals surface area contributed by atoms with E-state index in [1.807, 2.05) is 12.3 Å². The number of fused-ring (bicyclic) bond motifs is 1. The predicted molar refractivity (Wildman–Crippen MR) is 82.6 cm³/mol. The van der Waals surface area contributed by atoms with Crippen molar-refractivity contribution in [3.05, 3.63) is 30.6 Å². The zero-order valence-corrected chi connectivity index (χ0v) is 11.9. The summed E-state index contributed by atoms with van der Waals surface area (Å²) in [5.41, 5.74) is 8.21. The minimum Gasteiger partial charge on any atom is -0.397 e. The molecule has 2 N–H and O–H groups in total. The third-order valence-corrected chi connectivity index (χ3v) is 3.35. The number of nitrogens with zero attached hydrogens (tertiary/aromatic N) is 3. The Balaban J connectivity index is 2.18. The second-order valence-electron chi connectivity index (χ2n) is 5.17. The van der Waals surface area contributed by atoms with Crippen molar-refractivity contribution in [2.24, 2.45) is 0 Å². The van der Waals surface area contributed by atoms with Crippen LogP contribution in [-0.4, -0.2) is 44.1 Å². The van der Waals surface area contributed by atoms with Crippen LogP contribution in [0.1, 0.15) is 6.42 Å². The number of hydrogen-bond acceptors (Lipinski definition) is 4. The quantitative estimate of drug-likeness (QED) is 0.835. The maximum Gasteiger partial charge on any atom is 0.0632 e. The zero-order valence-electron chi connectivity index (χ0n) is 11.9. The number of pyridine rings is 1. The standard InChI is InChI=1S/C15H22N4/c1-18(2)9-4-10-19(3)14-6-5-12-11-17-8-7-13(12)15(14)16/h5-8,11H,4,9-10,16H2,1-3H3. The van der Waals surface area contributed by atoms with E-state index in [0.29, 0.717) is 0 Å². The van der Waals surface area contributed by atoms with E-state index < -0.39 is 0 Å². The van der Waals surface area contributed by atoms with Crippen LogP contribution in [0.4, 0.5) is 11.4 Å².